The van der Waals surface area contributed by atoms with Gasteiger partial charge in [0.05, 0.1) is 12.0 Å². The Morgan fingerprint density at radius 2 is 2.00 bits per heavy atom. The maximum atomic E-state index is 5.19. The summed E-state index contributed by atoms with van der Waals surface area (Å²) in [5.74, 6) is 0.775. The molecule has 4 heteroatoms. The molecule has 1 aromatic heterocycles. The van der Waals surface area contributed by atoms with Gasteiger partial charge in [-0.15, -0.1) is 11.3 Å². The Morgan fingerprint density at radius 3 is 2.33 bits per heavy atom. The van der Waals surface area contributed by atoms with E-state index in [4.69, 9.17) is 4.74 Å². The van der Waals surface area contributed by atoms with E-state index in [-0.39, 0.29) is 5.41 Å². The Hall–Kier alpha value is 0.160. The molecule has 68 valence electrons. The Morgan fingerprint density at radius 1 is 1.42 bits per heavy atom. The summed E-state index contributed by atoms with van der Waals surface area (Å²) in [7, 11) is 1.67. The molecule has 1 heterocycles. The topological polar surface area (TPSA) is 22.1 Å². The van der Waals surface area contributed by atoms with Crippen molar-refractivity contribution in [1.29, 1.82) is 0 Å². The summed E-state index contributed by atoms with van der Waals surface area (Å²) >= 11 is 3.91. The van der Waals surface area contributed by atoms with Crippen LogP contribution < -0.4 is 4.74 Å². The number of hydrogen-bond acceptors (Lipinski definition) is 3. The molecule has 0 bridgehead atoms. The minimum absolute atomic E-state index is 0.131. The Kier molecular flexibility index (Phi) is 2.98. The fraction of sp³-hybridized carbons (Fsp3) is 0.625. The van der Waals surface area contributed by atoms with Gasteiger partial charge in [-0.05, 0) is 22.6 Å². The summed E-state index contributed by atoms with van der Waals surface area (Å²) in [4.78, 5) is 5.50. The van der Waals surface area contributed by atoms with E-state index in [9.17, 15) is 0 Å². The highest BCUT2D eigenvalue weighted by Crippen LogP contribution is 2.36. The fourth-order valence-electron chi connectivity index (χ4n) is 0.894. The number of nitrogens with zero attached hydrogens (tertiary/aromatic N) is 1. The number of hydrogen-bond donors (Lipinski definition) is 0. The molecule has 0 N–H and O–H groups in total. The van der Waals surface area contributed by atoms with Crippen LogP contribution in [0.2, 0.25) is 0 Å². The van der Waals surface area contributed by atoms with Gasteiger partial charge in [-0.25, -0.2) is 0 Å². The van der Waals surface area contributed by atoms with Gasteiger partial charge >= 0.3 is 0 Å². The second-order valence-corrected chi connectivity index (χ2v) is 6.31. The predicted molar refractivity (Wildman–Crippen MR) is 60.1 cm³/mol. The second-order valence-electron chi connectivity index (χ2n) is 3.56. The van der Waals surface area contributed by atoms with Gasteiger partial charge in [-0.2, -0.15) is 4.98 Å². The van der Waals surface area contributed by atoms with E-state index in [1.165, 1.54) is 4.88 Å². The largest absolute Gasteiger partial charge is 0.480 e. The minimum Gasteiger partial charge on any atom is -0.480 e. The molecule has 0 radical (unpaired) electrons. The summed E-state index contributed by atoms with van der Waals surface area (Å²) in [6.07, 6.45) is 0. The van der Waals surface area contributed by atoms with Crippen LogP contribution in [0.1, 0.15) is 25.6 Å². The highest BCUT2D eigenvalue weighted by molar-refractivity contribution is 14.1. The van der Waals surface area contributed by atoms with E-state index in [2.05, 4.69) is 48.3 Å². The Labute approximate surface area is 90.5 Å². The van der Waals surface area contributed by atoms with E-state index in [0.29, 0.717) is 0 Å². The summed E-state index contributed by atoms with van der Waals surface area (Å²) < 4.78 is 6.22. The smallest absolute Gasteiger partial charge is 0.229 e. The van der Waals surface area contributed by atoms with Crippen LogP contribution in [-0.2, 0) is 5.41 Å². The van der Waals surface area contributed by atoms with Gasteiger partial charge in [0, 0.05) is 5.41 Å². The number of aromatic nitrogens is 1. The van der Waals surface area contributed by atoms with Crippen LogP contribution in [0.5, 0.6) is 5.88 Å². The van der Waals surface area contributed by atoms with Gasteiger partial charge in [0.15, 0.2) is 3.01 Å². The number of thiazole rings is 1. The van der Waals surface area contributed by atoms with Crippen LogP contribution in [0.4, 0.5) is 0 Å². The molecule has 0 aliphatic rings. The van der Waals surface area contributed by atoms with Crippen LogP contribution in [0.3, 0.4) is 0 Å². The maximum absolute atomic E-state index is 5.19. The second kappa shape index (κ2) is 3.49. The van der Waals surface area contributed by atoms with Crippen molar-refractivity contribution >= 4 is 33.9 Å². The molecule has 0 aliphatic heterocycles. The van der Waals surface area contributed by atoms with Crippen molar-refractivity contribution in [2.75, 3.05) is 7.11 Å². The van der Waals surface area contributed by atoms with Crippen molar-refractivity contribution in [2.24, 2.45) is 0 Å². The van der Waals surface area contributed by atoms with Crippen molar-refractivity contribution in [2.45, 2.75) is 26.2 Å². The Balaban J connectivity index is 3.13. The first-order valence-corrected chi connectivity index (χ1v) is 5.55. The molecule has 0 spiro atoms. The molecule has 0 aliphatic carbocycles. The lowest BCUT2D eigenvalue weighted by atomic mass is 9.95. The molecule has 0 saturated heterocycles. The third-order valence-corrected chi connectivity index (χ3v) is 3.60. The van der Waals surface area contributed by atoms with Crippen molar-refractivity contribution in [3.8, 4) is 5.88 Å². The first-order chi connectivity index (χ1) is 5.45. The number of methoxy groups -OCH3 is 1. The molecule has 0 amide bonds. The number of halogens is 1. The minimum atomic E-state index is 0.131. The summed E-state index contributed by atoms with van der Waals surface area (Å²) in [6.45, 7) is 6.50. The highest BCUT2D eigenvalue weighted by Gasteiger charge is 2.23. The molecule has 1 rings (SSSR count). The lowest BCUT2D eigenvalue weighted by Gasteiger charge is -2.16. The highest BCUT2D eigenvalue weighted by atomic mass is 127. The lowest BCUT2D eigenvalue weighted by molar-refractivity contribution is 0.386. The first kappa shape index (κ1) is 10.2. The van der Waals surface area contributed by atoms with Crippen molar-refractivity contribution < 1.29 is 4.74 Å². The third kappa shape index (κ3) is 2.10. The molecule has 0 atom stereocenters. The van der Waals surface area contributed by atoms with Gasteiger partial charge in [0.2, 0.25) is 5.88 Å². The average molecular weight is 297 g/mol. The normalized spacial score (nSPS) is 11.8. The average Bonchev–Trinajstić information content (AvgIpc) is 2.29. The summed E-state index contributed by atoms with van der Waals surface area (Å²) in [5.41, 5.74) is 0.131. The SMILES string of the molecule is COc1nc(I)sc1C(C)(C)C. The van der Waals surface area contributed by atoms with E-state index >= 15 is 0 Å². The van der Waals surface area contributed by atoms with E-state index in [1.807, 2.05) is 0 Å². The molecule has 0 aromatic carbocycles. The zero-order chi connectivity index (χ0) is 9.35. The molecule has 2 nitrogen and oxygen atoms in total. The molecule has 0 saturated carbocycles. The van der Waals surface area contributed by atoms with Crippen LogP contribution in [0, 0.1) is 3.01 Å². The molecule has 12 heavy (non-hydrogen) atoms. The van der Waals surface area contributed by atoms with E-state index in [1.54, 1.807) is 18.4 Å². The van der Waals surface area contributed by atoms with Gasteiger partial charge in [0.25, 0.3) is 0 Å². The quantitative estimate of drug-likeness (QED) is 0.743. The monoisotopic (exact) mass is 297 g/mol. The Bertz CT molecular complexity index is 277. The van der Waals surface area contributed by atoms with Crippen LogP contribution in [0.25, 0.3) is 0 Å². The summed E-state index contributed by atoms with van der Waals surface area (Å²) in [5, 5.41) is 0. The molecule has 0 fully saturated rings. The standard InChI is InChI=1S/C8H12INOS/c1-8(2,3)5-6(11-4)10-7(9)12-5/h1-4H3. The molecule has 0 unspecified atom stereocenters. The van der Waals surface area contributed by atoms with Crippen molar-refractivity contribution in [1.82, 2.24) is 4.98 Å². The van der Waals surface area contributed by atoms with Crippen molar-refractivity contribution in [3.63, 3.8) is 0 Å². The fourth-order valence-corrected chi connectivity index (χ4v) is 2.59. The third-order valence-electron chi connectivity index (χ3n) is 1.44. The van der Waals surface area contributed by atoms with Crippen LogP contribution in [-0.4, -0.2) is 12.1 Å². The maximum Gasteiger partial charge on any atom is 0.229 e. The first-order valence-electron chi connectivity index (χ1n) is 3.66. The summed E-state index contributed by atoms with van der Waals surface area (Å²) in [6, 6.07) is 0. The zero-order valence-electron chi connectivity index (χ0n) is 7.64. The van der Waals surface area contributed by atoms with Crippen molar-refractivity contribution in [3.05, 3.63) is 7.89 Å². The molecule has 1 aromatic rings. The molecular formula is C8H12INOS. The van der Waals surface area contributed by atoms with Gasteiger partial charge < -0.3 is 4.74 Å². The van der Waals surface area contributed by atoms with Crippen LogP contribution >= 0.6 is 33.9 Å². The van der Waals surface area contributed by atoms with Crippen LogP contribution in [0.15, 0.2) is 0 Å². The number of ether oxygens (including phenoxy) is 1. The lowest BCUT2D eigenvalue weighted by Crippen LogP contribution is -2.10. The van der Waals surface area contributed by atoms with Gasteiger partial charge in [-0.1, -0.05) is 20.8 Å². The zero-order valence-corrected chi connectivity index (χ0v) is 10.6. The molecular weight excluding hydrogens is 285 g/mol. The predicted octanol–water partition coefficient (Wildman–Crippen LogP) is 3.05. The number of rotatable bonds is 1. The van der Waals surface area contributed by atoms with E-state index in [0.717, 1.165) is 8.89 Å². The van der Waals surface area contributed by atoms with Gasteiger partial charge in [-0.3, -0.25) is 0 Å². The van der Waals surface area contributed by atoms with Gasteiger partial charge in [0.1, 0.15) is 0 Å². The van der Waals surface area contributed by atoms with E-state index < -0.39 is 0 Å².